The molecule has 0 aliphatic heterocycles. The Morgan fingerprint density at radius 3 is 2.29 bits per heavy atom. The van der Waals surface area contributed by atoms with E-state index in [4.69, 9.17) is 4.42 Å². The fourth-order valence-electron chi connectivity index (χ4n) is 2.98. The second-order valence-corrected chi connectivity index (χ2v) is 9.89. The summed E-state index contributed by atoms with van der Waals surface area (Å²) in [6.45, 7) is 7.88. The summed E-state index contributed by atoms with van der Waals surface area (Å²) in [7, 11) is -3.88. The first-order chi connectivity index (χ1) is 13.0. The standard InChI is InChI=1S/C22H22O5S/c1-14-6-5-7-15-12-18(21(24)27-20(14)15)19(23)13-28(25,26)17-10-8-16(9-11-17)22(2,3)4/h5-12H,13H2,1-4H3. The molecule has 0 saturated carbocycles. The number of sulfone groups is 1. The van der Waals surface area contributed by atoms with Gasteiger partial charge in [0.2, 0.25) is 0 Å². The Labute approximate surface area is 163 Å². The van der Waals surface area contributed by atoms with E-state index in [2.05, 4.69) is 0 Å². The molecular formula is C22H22O5S. The van der Waals surface area contributed by atoms with Gasteiger partial charge in [0.25, 0.3) is 0 Å². The highest BCUT2D eigenvalue weighted by molar-refractivity contribution is 7.92. The van der Waals surface area contributed by atoms with Gasteiger partial charge >= 0.3 is 5.63 Å². The topological polar surface area (TPSA) is 81.4 Å². The molecule has 5 nitrogen and oxygen atoms in total. The second kappa shape index (κ2) is 7.02. The van der Waals surface area contributed by atoms with Crippen LogP contribution in [0.25, 0.3) is 11.0 Å². The molecule has 146 valence electrons. The van der Waals surface area contributed by atoms with Gasteiger partial charge in [0, 0.05) is 5.39 Å². The van der Waals surface area contributed by atoms with Gasteiger partial charge in [-0.05, 0) is 41.7 Å². The number of benzene rings is 2. The quantitative estimate of drug-likeness (QED) is 0.489. The van der Waals surface area contributed by atoms with Crippen molar-refractivity contribution in [3.63, 3.8) is 0 Å². The van der Waals surface area contributed by atoms with Crippen LogP contribution in [-0.2, 0) is 15.3 Å². The molecule has 3 aromatic rings. The van der Waals surface area contributed by atoms with E-state index in [0.717, 1.165) is 11.1 Å². The predicted octanol–water partition coefficient (Wildman–Crippen LogP) is 4.06. The number of para-hydroxylation sites is 1. The van der Waals surface area contributed by atoms with Gasteiger partial charge in [0.05, 0.1) is 4.90 Å². The summed E-state index contributed by atoms with van der Waals surface area (Å²) in [4.78, 5) is 24.8. The third-order valence-corrected chi connectivity index (χ3v) is 6.29. The van der Waals surface area contributed by atoms with E-state index in [1.807, 2.05) is 20.8 Å². The van der Waals surface area contributed by atoms with Crippen LogP contribution in [0.3, 0.4) is 0 Å². The highest BCUT2D eigenvalue weighted by atomic mass is 32.2. The molecule has 0 N–H and O–H groups in total. The van der Waals surface area contributed by atoms with Crippen LogP contribution in [-0.4, -0.2) is 20.0 Å². The number of ketones is 1. The van der Waals surface area contributed by atoms with Crippen LogP contribution in [0.4, 0.5) is 0 Å². The van der Waals surface area contributed by atoms with Gasteiger partial charge in [0.1, 0.15) is 16.9 Å². The van der Waals surface area contributed by atoms with Gasteiger partial charge in [0.15, 0.2) is 15.6 Å². The molecule has 3 rings (SSSR count). The van der Waals surface area contributed by atoms with E-state index in [1.165, 1.54) is 18.2 Å². The fraction of sp³-hybridized carbons (Fsp3) is 0.273. The lowest BCUT2D eigenvalue weighted by Gasteiger charge is -2.19. The first kappa shape index (κ1) is 20.0. The Bertz CT molecular complexity index is 1210. The lowest BCUT2D eigenvalue weighted by Crippen LogP contribution is -2.22. The van der Waals surface area contributed by atoms with Crippen LogP contribution in [0.15, 0.2) is 62.6 Å². The zero-order valence-electron chi connectivity index (χ0n) is 16.3. The van der Waals surface area contributed by atoms with Crippen LogP contribution in [0.5, 0.6) is 0 Å². The monoisotopic (exact) mass is 398 g/mol. The molecular weight excluding hydrogens is 376 g/mol. The molecule has 0 saturated heterocycles. The Hall–Kier alpha value is -2.73. The number of carbonyl (C=O) groups excluding carboxylic acids is 1. The van der Waals surface area contributed by atoms with Gasteiger partial charge in [-0.3, -0.25) is 4.79 Å². The maximum atomic E-state index is 12.7. The van der Waals surface area contributed by atoms with E-state index in [0.29, 0.717) is 11.0 Å². The van der Waals surface area contributed by atoms with Crippen molar-refractivity contribution in [3.8, 4) is 0 Å². The smallest absolute Gasteiger partial charge is 0.347 e. The summed E-state index contributed by atoms with van der Waals surface area (Å²) < 4.78 is 30.6. The highest BCUT2D eigenvalue weighted by Crippen LogP contribution is 2.24. The van der Waals surface area contributed by atoms with Crippen molar-refractivity contribution < 1.29 is 17.6 Å². The van der Waals surface area contributed by atoms with Crippen LogP contribution in [0.2, 0.25) is 0 Å². The van der Waals surface area contributed by atoms with Crippen molar-refractivity contribution in [1.29, 1.82) is 0 Å². The van der Waals surface area contributed by atoms with Crippen LogP contribution in [0.1, 0.15) is 42.3 Å². The molecule has 6 heteroatoms. The van der Waals surface area contributed by atoms with Gasteiger partial charge in [-0.2, -0.15) is 0 Å². The lowest BCUT2D eigenvalue weighted by atomic mass is 9.87. The minimum atomic E-state index is -3.88. The molecule has 0 fully saturated rings. The highest BCUT2D eigenvalue weighted by Gasteiger charge is 2.24. The molecule has 2 aromatic carbocycles. The van der Waals surface area contributed by atoms with Crippen LogP contribution in [0, 0.1) is 6.92 Å². The summed E-state index contributed by atoms with van der Waals surface area (Å²) in [5.74, 6) is -1.57. The van der Waals surface area contributed by atoms with Crippen molar-refractivity contribution in [3.05, 3.63) is 75.6 Å². The largest absolute Gasteiger partial charge is 0.422 e. The number of Topliss-reactive ketones (excluding diaryl/α,β-unsaturated/α-hetero) is 1. The summed E-state index contributed by atoms with van der Waals surface area (Å²) >= 11 is 0. The molecule has 0 aliphatic carbocycles. The minimum Gasteiger partial charge on any atom is -0.422 e. The average molecular weight is 398 g/mol. The van der Waals surface area contributed by atoms with Gasteiger partial charge < -0.3 is 4.42 Å². The molecule has 1 heterocycles. The Morgan fingerprint density at radius 2 is 1.68 bits per heavy atom. The van der Waals surface area contributed by atoms with E-state index in [9.17, 15) is 18.0 Å². The number of carbonyl (C=O) groups is 1. The van der Waals surface area contributed by atoms with E-state index in [-0.39, 0.29) is 15.9 Å². The number of hydrogen-bond donors (Lipinski definition) is 0. The van der Waals surface area contributed by atoms with Crippen LogP contribution >= 0.6 is 0 Å². The normalized spacial score (nSPS) is 12.3. The Kier molecular flexibility index (Phi) is 5.02. The molecule has 0 aliphatic rings. The molecule has 0 bridgehead atoms. The summed E-state index contributed by atoms with van der Waals surface area (Å²) in [5, 5.41) is 0.579. The third-order valence-electron chi connectivity index (χ3n) is 4.66. The van der Waals surface area contributed by atoms with E-state index >= 15 is 0 Å². The van der Waals surface area contributed by atoms with Crippen molar-refractivity contribution in [2.75, 3.05) is 5.75 Å². The Morgan fingerprint density at radius 1 is 1.04 bits per heavy atom. The summed E-state index contributed by atoms with van der Waals surface area (Å²) in [6.07, 6.45) is 0. The first-order valence-corrected chi connectivity index (χ1v) is 10.5. The zero-order chi connectivity index (χ0) is 20.7. The van der Waals surface area contributed by atoms with Gasteiger partial charge in [-0.25, -0.2) is 13.2 Å². The van der Waals surface area contributed by atoms with Gasteiger partial charge in [-0.1, -0.05) is 51.1 Å². The molecule has 0 amide bonds. The SMILES string of the molecule is Cc1cccc2cc(C(=O)CS(=O)(=O)c3ccc(C(C)(C)C)cc3)c(=O)oc12. The number of hydrogen-bond acceptors (Lipinski definition) is 5. The maximum absolute atomic E-state index is 12.7. The lowest BCUT2D eigenvalue weighted by molar-refractivity contribution is 0.101. The number of fused-ring (bicyclic) bond motifs is 1. The minimum absolute atomic E-state index is 0.0508. The molecule has 28 heavy (non-hydrogen) atoms. The molecule has 0 radical (unpaired) electrons. The van der Waals surface area contributed by atoms with Crippen molar-refractivity contribution in [1.82, 2.24) is 0 Å². The summed E-state index contributed by atoms with van der Waals surface area (Å²) in [6, 6.07) is 13.1. The number of rotatable bonds is 4. The molecule has 1 aromatic heterocycles. The fourth-order valence-corrected chi connectivity index (χ4v) is 4.20. The predicted molar refractivity (Wildman–Crippen MR) is 109 cm³/mol. The van der Waals surface area contributed by atoms with E-state index < -0.39 is 27.0 Å². The number of aryl methyl sites for hydroxylation is 1. The molecule has 0 unspecified atom stereocenters. The van der Waals surface area contributed by atoms with Crippen LogP contribution < -0.4 is 5.63 Å². The molecule has 0 spiro atoms. The molecule has 0 atom stereocenters. The maximum Gasteiger partial charge on any atom is 0.347 e. The van der Waals surface area contributed by atoms with Crippen molar-refractivity contribution in [2.24, 2.45) is 0 Å². The van der Waals surface area contributed by atoms with Gasteiger partial charge in [-0.15, -0.1) is 0 Å². The first-order valence-electron chi connectivity index (χ1n) is 8.89. The Balaban J connectivity index is 1.93. The zero-order valence-corrected chi connectivity index (χ0v) is 17.1. The van der Waals surface area contributed by atoms with Crippen molar-refractivity contribution >= 4 is 26.6 Å². The third kappa shape index (κ3) is 3.92. The average Bonchev–Trinajstić information content (AvgIpc) is 2.61. The van der Waals surface area contributed by atoms with Crippen molar-refractivity contribution in [2.45, 2.75) is 38.0 Å². The van der Waals surface area contributed by atoms with E-state index in [1.54, 1.807) is 37.3 Å². The second-order valence-electron chi connectivity index (χ2n) is 7.90. The summed E-state index contributed by atoms with van der Waals surface area (Å²) in [5.41, 5.74) is 0.951.